The number of anilines is 1. The van der Waals surface area contributed by atoms with Gasteiger partial charge in [-0.2, -0.15) is 0 Å². The quantitative estimate of drug-likeness (QED) is 0.892. The fourth-order valence-corrected chi connectivity index (χ4v) is 3.79. The molecule has 2 fully saturated rings. The summed E-state index contributed by atoms with van der Waals surface area (Å²) in [5.41, 5.74) is 0.883. The number of rotatable bonds is 5. The third-order valence-electron chi connectivity index (χ3n) is 5.24. The number of nitrogens with zero attached hydrogens (tertiary/aromatic N) is 3. The first-order valence-corrected chi connectivity index (χ1v) is 9.20. The number of piperazine rings is 1. The van der Waals surface area contributed by atoms with Crippen molar-refractivity contribution in [1.29, 1.82) is 0 Å². The molecule has 0 unspecified atom stereocenters. The lowest BCUT2D eigenvalue weighted by molar-refractivity contribution is -0.116. The van der Waals surface area contributed by atoms with E-state index in [9.17, 15) is 4.79 Å². The lowest BCUT2D eigenvalue weighted by Crippen LogP contribution is -2.54. The number of carbonyl (C=O) groups excluding carboxylic acids is 1. The van der Waals surface area contributed by atoms with Crippen LogP contribution in [0.5, 0.6) is 0 Å². The molecular formula is C19H30N4O. The number of carbonyl (C=O) groups is 1. The highest BCUT2D eigenvalue weighted by molar-refractivity contribution is 5.90. The van der Waals surface area contributed by atoms with Crippen LogP contribution in [-0.4, -0.2) is 79.5 Å². The fraction of sp³-hybridized carbons (Fsp3) is 0.632. The Labute approximate surface area is 145 Å². The summed E-state index contributed by atoms with van der Waals surface area (Å²) in [7, 11) is 2.23. The van der Waals surface area contributed by atoms with E-state index in [4.69, 9.17) is 0 Å². The van der Waals surface area contributed by atoms with Gasteiger partial charge in [-0.25, -0.2) is 0 Å². The summed E-state index contributed by atoms with van der Waals surface area (Å²) in [4.78, 5) is 19.6. The molecule has 0 aromatic heterocycles. The van der Waals surface area contributed by atoms with Gasteiger partial charge in [-0.1, -0.05) is 18.2 Å². The first kappa shape index (κ1) is 17.4. The Morgan fingerprint density at radius 3 is 2.58 bits per heavy atom. The van der Waals surface area contributed by atoms with Crippen molar-refractivity contribution < 1.29 is 4.79 Å². The standard InChI is InChI=1S/C19H30N4O/c1-21-10-5-8-18(16-21)23-14-12-22(13-15-23)11-9-19(24)20-17-6-3-2-4-7-17/h2-4,6-7,18H,5,8-16H2,1H3,(H,20,24)/t18-/m1/s1. The molecular weight excluding hydrogens is 300 g/mol. The normalized spacial score (nSPS) is 24.0. The molecule has 0 aliphatic carbocycles. The molecule has 5 nitrogen and oxygen atoms in total. The summed E-state index contributed by atoms with van der Waals surface area (Å²) >= 11 is 0. The van der Waals surface area contributed by atoms with Crippen LogP contribution in [0.25, 0.3) is 0 Å². The summed E-state index contributed by atoms with van der Waals surface area (Å²) in [6.45, 7) is 7.75. The Morgan fingerprint density at radius 2 is 1.88 bits per heavy atom. The van der Waals surface area contributed by atoms with Crippen LogP contribution in [0.4, 0.5) is 5.69 Å². The summed E-state index contributed by atoms with van der Waals surface area (Å²) in [6, 6.07) is 10.4. The SMILES string of the molecule is CN1CCC[C@@H](N2CCN(CCC(=O)Nc3ccccc3)CC2)C1. The van der Waals surface area contributed by atoms with E-state index in [1.165, 1.54) is 25.9 Å². The number of para-hydroxylation sites is 1. The minimum atomic E-state index is 0.109. The van der Waals surface area contributed by atoms with Crippen LogP contribution in [0.1, 0.15) is 19.3 Å². The second kappa shape index (κ2) is 8.60. The number of nitrogens with one attached hydrogen (secondary N) is 1. The topological polar surface area (TPSA) is 38.8 Å². The summed E-state index contributed by atoms with van der Waals surface area (Å²) in [6.07, 6.45) is 3.23. The molecule has 2 heterocycles. The largest absolute Gasteiger partial charge is 0.326 e. The van der Waals surface area contributed by atoms with Crippen molar-refractivity contribution in [3.8, 4) is 0 Å². The Kier molecular flexibility index (Phi) is 6.24. The van der Waals surface area contributed by atoms with Crippen molar-refractivity contribution in [1.82, 2.24) is 14.7 Å². The molecule has 1 aromatic carbocycles. The zero-order valence-electron chi connectivity index (χ0n) is 14.8. The van der Waals surface area contributed by atoms with E-state index in [0.717, 1.165) is 44.5 Å². The van der Waals surface area contributed by atoms with Crippen LogP contribution in [0.15, 0.2) is 30.3 Å². The molecule has 2 saturated heterocycles. The number of hydrogen-bond acceptors (Lipinski definition) is 4. The molecule has 1 atom stereocenters. The van der Waals surface area contributed by atoms with Crippen LogP contribution in [0, 0.1) is 0 Å². The Morgan fingerprint density at radius 1 is 1.12 bits per heavy atom. The van der Waals surface area contributed by atoms with Gasteiger partial charge in [0.05, 0.1) is 0 Å². The van der Waals surface area contributed by atoms with Crippen molar-refractivity contribution in [2.75, 3.05) is 58.2 Å². The third-order valence-corrected chi connectivity index (χ3v) is 5.24. The van der Waals surface area contributed by atoms with Gasteiger partial charge in [-0.15, -0.1) is 0 Å². The van der Waals surface area contributed by atoms with Crippen molar-refractivity contribution in [3.05, 3.63) is 30.3 Å². The molecule has 132 valence electrons. The molecule has 1 amide bonds. The van der Waals surface area contributed by atoms with Gasteiger partial charge in [0.1, 0.15) is 0 Å². The minimum Gasteiger partial charge on any atom is -0.326 e. The van der Waals surface area contributed by atoms with Crippen LogP contribution < -0.4 is 5.32 Å². The van der Waals surface area contributed by atoms with E-state index in [1.54, 1.807) is 0 Å². The predicted molar refractivity (Wildman–Crippen MR) is 98.2 cm³/mol. The number of benzene rings is 1. The zero-order chi connectivity index (χ0) is 16.8. The molecule has 1 aromatic rings. The maximum absolute atomic E-state index is 12.0. The maximum Gasteiger partial charge on any atom is 0.225 e. The first-order valence-electron chi connectivity index (χ1n) is 9.20. The molecule has 24 heavy (non-hydrogen) atoms. The van der Waals surface area contributed by atoms with Crippen LogP contribution in [0.3, 0.4) is 0 Å². The predicted octanol–water partition coefficient (Wildman–Crippen LogP) is 1.73. The number of piperidine rings is 1. The van der Waals surface area contributed by atoms with E-state index in [2.05, 4.69) is 27.1 Å². The molecule has 2 aliphatic rings. The van der Waals surface area contributed by atoms with Crippen molar-refractivity contribution >= 4 is 11.6 Å². The molecule has 0 saturated carbocycles. The summed E-state index contributed by atoms with van der Waals surface area (Å²) < 4.78 is 0. The smallest absolute Gasteiger partial charge is 0.225 e. The highest BCUT2D eigenvalue weighted by Gasteiger charge is 2.26. The van der Waals surface area contributed by atoms with Crippen molar-refractivity contribution in [2.24, 2.45) is 0 Å². The van der Waals surface area contributed by atoms with Gasteiger partial charge in [0.2, 0.25) is 5.91 Å². The second-order valence-corrected chi connectivity index (χ2v) is 7.10. The van der Waals surface area contributed by atoms with E-state index in [1.807, 2.05) is 30.3 Å². The first-order chi connectivity index (χ1) is 11.7. The van der Waals surface area contributed by atoms with E-state index >= 15 is 0 Å². The molecule has 5 heteroatoms. The molecule has 2 aliphatic heterocycles. The van der Waals surface area contributed by atoms with Crippen LogP contribution >= 0.6 is 0 Å². The Hall–Kier alpha value is -1.43. The van der Waals surface area contributed by atoms with Gasteiger partial charge in [0.15, 0.2) is 0 Å². The summed E-state index contributed by atoms with van der Waals surface area (Å²) in [5.74, 6) is 0.109. The second-order valence-electron chi connectivity index (χ2n) is 7.10. The number of hydrogen-bond donors (Lipinski definition) is 1. The van der Waals surface area contributed by atoms with Gasteiger partial charge in [0.25, 0.3) is 0 Å². The van der Waals surface area contributed by atoms with Gasteiger partial charge in [-0.05, 0) is 38.6 Å². The fourth-order valence-electron chi connectivity index (χ4n) is 3.79. The maximum atomic E-state index is 12.0. The van der Waals surface area contributed by atoms with Crippen molar-refractivity contribution in [2.45, 2.75) is 25.3 Å². The van der Waals surface area contributed by atoms with E-state index in [-0.39, 0.29) is 5.91 Å². The van der Waals surface area contributed by atoms with Gasteiger partial charge in [-0.3, -0.25) is 9.69 Å². The van der Waals surface area contributed by atoms with Crippen LogP contribution in [0.2, 0.25) is 0 Å². The highest BCUT2D eigenvalue weighted by atomic mass is 16.1. The molecule has 1 N–H and O–H groups in total. The summed E-state index contributed by atoms with van der Waals surface area (Å²) in [5, 5.41) is 2.97. The monoisotopic (exact) mass is 330 g/mol. The van der Waals surface area contributed by atoms with Gasteiger partial charge in [0, 0.05) is 57.4 Å². The molecule has 3 rings (SSSR count). The Balaban J connectivity index is 1.35. The zero-order valence-corrected chi connectivity index (χ0v) is 14.8. The Bertz CT molecular complexity index is 513. The number of amides is 1. The lowest BCUT2D eigenvalue weighted by atomic mass is 10.0. The van der Waals surface area contributed by atoms with Gasteiger partial charge < -0.3 is 15.1 Å². The average molecular weight is 330 g/mol. The highest BCUT2D eigenvalue weighted by Crippen LogP contribution is 2.16. The molecule has 0 bridgehead atoms. The molecule has 0 spiro atoms. The number of likely N-dealkylation sites (tertiary alicyclic amines) is 1. The van der Waals surface area contributed by atoms with Crippen molar-refractivity contribution in [3.63, 3.8) is 0 Å². The average Bonchev–Trinajstić information content (AvgIpc) is 2.61. The van der Waals surface area contributed by atoms with E-state index < -0.39 is 0 Å². The van der Waals surface area contributed by atoms with E-state index in [0.29, 0.717) is 6.42 Å². The molecule has 0 radical (unpaired) electrons. The lowest BCUT2D eigenvalue weighted by Gasteiger charge is -2.42. The van der Waals surface area contributed by atoms with Gasteiger partial charge >= 0.3 is 0 Å². The van der Waals surface area contributed by atoms with Crippen LogP contribution in [-0.2, 0) is 4.79 Å². The minimum absolute atomic E-state index is 0.109. The number of likely N-dealkylation sites (N-methyl/N-ethyl adjacent to an activating group) is 1. The third kappa shape index (κ3) is 5.03.